The Labute approximate surface area is 145 Å². The Balaban J connectivity index is 1.95. The standard InChI is InChI=1S/C17H20ClNO3S/c1-19(11-14-6-8-16(18)23-14)17(20)9-4-12-10-13(21-2)5-7-15(12)22-3/h5-8,10H,4,9,11H2,1-3H3. The molecule has 1 amide bonds. The zero-order valence-corrected chi connectivity index (χ0v) is 15.0. The normalized spacial score (nSPS) is 10.4. The summed E-state index contributed by atoms with van der Waals surface area (Å²) in [5.41, 5.74) is 0.966. The van der Waals surface area contributed by atoms with Crippen LogP contribution in [-0.2, 0) is 17.8 Å². The third-order valence-electron chi connectivity index (χ3n) is 3.54. The van der Waals surface area contributed by atoms with Crippen molar-refractivity contribution in [2.45, 2.75) is 19.4 Å². The van der Waals surface area contributed by atoms with Gasteiger partial charge in [0.05, 0.1) is 25.1 Å². The van der Waals surface area contributed by atoms with E-state index in [1.54, 1.807) is 26.2 Å². The van der Waals surface area contributed by atoms with Crippen LogP contribution >= 0.6 is 22.9 Å². The second-order valence-electron chi connectivity index (χ2n) is 5.13. The van der Waals surface area contributed by atoms with Gasteiger partial charge in [0.2, 0.25) is 5.91 Å². The monoisotopic (exact) mass is 353 g/mol. The van der Waals surface area contributed by atoms with Crippen LogP contribution in [0.4, 0.5) is 0 Å². The van der Waals surface area contributed by atoms with Crippen molar-refractivity contribution in [2.75, 3.05) is 21.3 Å². The van der Waals surface area contributed by atoms with Gasteiger partial charge in [0.1, 0.15) is 11.5 Å². The molecule has 0 saturated carbocycles. The quantitative estimate of drug-likeness (QED) is 0.755. The SMILES string of the molecule is COc1ccc(OC)c(CCC(=O)N(C)Cc2ccc(Cl)s2)c1. The van der Waals surface area contributed by atoms with Gasteiger partial charge in [-0.2, -0.15) is 0 Å². The summed E-state index contributed by atoms with van der Waals surface area (Å²) in [5, 5.41) is 0. The first-order valence-electron chi connectivity index (χ1n) is 7.22. The van der Waals surface area contributed by atoms with Crippen LogP contribution in [-0.4, -0.2) is 32.1 Å². The molecule has 0 bridgehead atoms. The summed E-state index contributed by atoms with van der Waals surface area (Å²) >= 11 is 7.41. The molecule has 0 atom stereocenters. The third kappa shape index (κ3) is 4.88. The van der Waals surface area contributed by atoms with E-state index in [9.17, 15) is 4.79 Å². The van der Waals surface area contributed by atoms with Gasteiger partial charge in [0.25, 0.3) is 0 Å². The molecule has 0 spiro atoms. The number of hydrogen-bond donors (Lipinski definition) is 0. The minimum Gasteiger partial charge on any atom is -0.497 e. The van der Waals surface area contributed by atoms with Crippen LogP contribution in [0.15, 0.2) is 30.3 Å². The minimum absolute atomic E-state index is 0.0828. The highest BCUT2D eigenvalue weighted by Gasteiger charge is 2.13. The largest absolute Gasteiger partial charge is 0.497 e. The molecule has 4 nitrogen and oxygen atoms in total. The molecule has 0 radical (unpaired) electrons. The molecule has 0 aliphatic rings. The van der Waals surface area contributed by atoms with E-state index < -0.39 is 0 Å². The predicted octanol–water partition coefficient (Wildman–Crippen LogP) is 4.01. The van der Waals surface area contributed by atoms with E-state index in [-0.39, 0.29) is 5.91 Å². The molecule has 0 N–H and O–H groups in total. The molecule has 124 valence electrons. The van der Waals surface area contributed by atoms with Gasteiger partial charge < -0.3 is 14.4 Å². The van der Waals surface area contributed by atoms with E-state index >= 15 is 0 Å². The van der Waals surface area contributed by atoms with E-state index in [0.29, 0.717) is 19.4 Å². The highest BCUT2D eigenvalue weighted by Crippen LogP contribution is 2.26. The Kier molecular flexibility index (Phi) is 6.30. The molecule has 6 heteroatoms. The van der Waals surface area contributed by atoms with E-state index in [2.05, 4.69) is 0 Å². The van der Waals surface area contributed by atoms with Gasteiger partial charge in [-0.25, -0.2) is 0 Å². The Morgan fingerprint density at radius 2 is 2.00 bits per heavy atom. The Morgan fingerprint density at radius 1 is 1.22 bits per heavy atom. The van der Waals surface area contributed by atoms with Crippen LogP contribution in [0.5, 0.6) is 11.5 Å². The molecule has 1 aromatic carbocycles. The number of aryl methyl sites for hydroxylation is 1. The number of carbonyl (C=O) groups excluding carboxylic acids is 1. The number of hydrogen-bond acceptors (Lipinski definition) is 4. The summed E-state index contributed by atoms with van der Waals surface area (Å²) in [4.78, 5) is 15.1. The highest BCUT2D eigenvalue weighted by molar-refractivity contribution is 7.16. The number of methoxy groups -OCH3 is 2. The van der Waals surface area contributed by atoms with Gasteiger partial charge in [0, 0.05) is 18.3 Å². The predicted molar refractivity (Wildman–Crippen MR) is 93.7 cm³/mol. The van der Waals surface area contributed by atoms with Crippen molar-refractivity contribution in [3.05, 3.63) is 45.1 Å². The van der Waals surface area contributed by atoms with Gasteiger partial charge in [-0.15, -0.1) is 11.3 Å². The molecule has 2 aromatic rings. The Hall–Kier alpha value is -1.72. The van der Waals surface area contributed by atoms with Crippen molar-refractivity contribution >= 4 is 28.8 Å². The molecule has 0 saturated heterocycles. The van der Waals surface area contributed by atoms with Crippen molar-refractivity contribution in [2.24, 2.45) is 0 Å². The first-order chi connectivity index (χ1) is 11.0. The number of ether oxygens (including phenoxy) is 2. The fourth-order valence-corrected chi connectivity index (χ4v) is 3.41. The lowest BCUT2D eigenvalue weighted by atomic mass is 10.1. The molecule has 0 aliphatic carbocycles. The fourth-order valence-electron chi connectivity index (χ4n) is 2.27. The van der Waals surface area contributed by atoms with E-state index in [0.717, 1.165) is 26.3 Å². The van der Waals surface area contributed by atoms with Gasteiger partial charge in [-0.1, -0.05) is 11.6 Å². The number of rotatable bonds is 7. The lowest BCUT2D eigenvalue weighted by Gasteiger charge is -2.17. The van der Waals surface area contributed by atoms with Crippen molar-refractivity contribution in [3.8, 4) is 11.5 Å². The second kappa shape index (κ2) is 8.22. The van der Waals surface area contributed by atoms with Gasteiger partial charge in [0.15, 0.2) is 0 Å². The van der Waals surface area contributed by atoms with Crippen LogP contribution in [0.3, 0.4) is 0 Å². The first kappa shape index (κ1) is 17.6. The molecular formula is C17H20ClNO3S. The lowest BCUT2D eigenvalue weighted by Crippen LogP contribution is -2.26. The Bertz CT molecular complexity index is 672. The molecule has 0 aliphatic heterocycles. The van der Waals surface area contributed by atoms with E-state index in [1.807, 2.05) is 30.3 Å². The number of amides is 1. The summed E-state index contributed by atoms with van der Waals surface area (Å²) in [7, 11) is 5.05. The number of carbonyl (C=O) groups is 1. The summed E-state index contributed by atoms with van der Waals surface area (Å²) in [6.45, 7) is 0.575. The average Bonchev–Trinajstić information content (AvgIpc) is 2.96. The van der Waals surface area contributed by atoms with E-state index in [1.165, 1.54) is 11.3 Å². The van der Waals surface area contributed by atoms with Crippen LogP contribution < -0.4 is 9.47 Å². The van der Waals surface area contributed by atoms with Crippen LogP contribution in [0.25, 0.3) is 0 Å². The Morgan fingerprint density at radius 3 is 2.61 bits per heavy atom. The van der Waals surface area contributed by atoms with Gasteiger partial charge in [-0.05, 0) is 42.3 Å². The zero-order valence-electron chi connectivity index (χ0n) is 13.5. The maximum atomic E-state index is 12.3. The lowest BCUT2D eigenvalue weighted by molar-refractivity contribution is -0.130. The van der Waals surface area contributed by atoms with Crippen LogP contribution in [0, 0.1) is 0 Å². The molecule has 1 aromatic heterocycles. The summed E-state index contributed by atoms with van der Waals surface area (Å²) in [6.07, 6.45) is 1.02. The van der Waals surface area contributed by atoms with Crippen LogP contribution in [0.1, 0.15) is 16.9 Å². The van der Waals surface area contributed by atoms with Crippen molar-refractivity contribution in [1.82, 2.24) is 4.90 Å². The summed E-state index contributed by atoms with van der Waals surface area (Å²) in [5.74, 6) is 1.61. The van der Waals surface area contributed by atoms with E-state index in [4.69, 9.17) is 21.1 Å². The number of halogens is 1. The first-order valence-corrected chi connectivity index (χ1v) is 8.42. The van der Waals surface area contributed by atoms with Gasteiger partial charge in [-0.3, -0.25) is 4.79 Å². The van der Waals surface area contributed by atoms with Crippen molar-refractivity contribution in [3.63, 3.8) is 0 Å². The molecule has 0 unspecified atom stereocenters. The summed E-state index contributed by atoms with van der Waals surface area (Å²) in [6, 6.07) is 9.40. The topological polar surface area (TPSA) is 38.8 Å². The molecule has 23 heavy (non-hydrogen) atoms. The highest BCUT2D eigenvalue weighted by atomic mass is 35.5. The average molecular weight is 354 g/mol. The van der Waals surface area contributed by atoms with Crippen molar-refractivity contribution < 1.29 is 14.3 Å². The fraction of sp³-hybridized carbons (Fsp3) is 0.353. The maximum Gasteiger partial charge on any atom is 0.222 e. The summed E-state index contributed by atoms with van der Waals surface area (Å²) < 4.78 is 11.3. The molecular weight excluding hydrogens is 334 g/mol. The molecule has 2 rings (SSSR count). The molecule has 1 heterocycles. The number of benzene rings is 1. The minimum atomic E-state index is 0.0828. The van der Waals surface area contributed by atoms with Crippen LogP contribution in [0.2, 0.25) is 4.34 Å². The third-order valence-corrected chi connectivity index (χ3v) is 4.76. The smallest absolute Gasteiger partial charge is 0.222 e. The second-order valence-corrected chi connectivity index (χ2v) is 6.93. The molecule has 0 fully saturated rings. The number of thiophene rings is 1. The van der Waals surface area contributed by atoms with Crippen molar-refractivity contribution in [1.29, 1.82) is 0 Å². The number of nitrogens with zero attached hydrogens (tertiary/aromatic N) is 1. The maximum absolute atomic E-state index is 12.3. The van der Waals surface area contributed by atoms with Gasteiger partial charge >= 0.3 is 0 Å². The zero-order chi connectivity index (χ0) is 16.8.